The summed E-state index contributed by atoms with van der Waals surface area (Å²) in [5, 5.41) is 7.46. The lowest BCUT2D eigenvalue weighted by Crippen LogP contribution is -2.36. The average molecular weight is 421 g/mol. The van der Waals surface area contributed by atoms with Crippen molar-refractivity contribution in [3.8, 4) is 17.0 Å². The zero-order valence-electron chi connectivity index (χ0n) is 18.2. The number of benzene rings is 2. The number of amides is 1. The molecule has 3 aromatic rings. The number of methoxy groups -OCH3 is 1. The number of ether oxygens (including phenoxy) is 2. The third kappa shape index (κ3) is 4.72. The fourth-order valence-corrected chi connectivity index (χ4v) is 3.76. The van der Waals surface area contributed by atoms with E-state index < -0.39 is 0 Å². The fraction of sp³-hybridized carbons (Fsp3) is 0.333. The molecule has 0 spiro atoms. The second kappa shape index (κ2) is 9.22. The minimum Gasteiger partial charge on any atom is -0.497 e. The van der Waals surface area contributed by atoms with Gasteiger partial charge in [0, 0.05) is 31.4 Å². The average Bonchev–Trinajstić information content (AvgIpc) is 3.21. The van der Waals surface area contributed by atoms with Crippen molar-refractivity contribution in [3.63, 3.8) is 0 Å². The maximum atomic E-state index is 12.8. The van der Waals surface area contributed by atoms with Gasteiger partial charge in [-0.25, -0.2) is 0 Å². The Morgan fingerprint density at radius 3 is 2.42 bits per heavy atom. The molecule has 0 unspecified atom stereocenters. The molecule has 0 bridgehead atoms. The Bertz CT molecular complexity index is 1020. The van der Waals surface area contributed by atoms with Crippen LogP contribution in [0.3, 0.4) is 0 Å². The zero-order valence-corrected chi connectivity index (χ0v) is 18.2. The minimum atomic E-state index is -0.194. The molecule has 1 saturated heterocycles. The van der Waals surface area contributed by atoms with Crippen molar-refractivity contribution in [2.24, 2.45) is 7.05 Å². The quantitative estimate of drug-likeness (QED) is 0.662. The Kier molecular flexibility index (Phi) is 6.23. The van der Waals surface area contributed by atoms with Gasteiger partial charge in [-0.15, -0.1) is 0 Å². The van der Waals surface area contributed by atoms with Crippen LogP contribution in [0.5, 0.6) is 5.75 Å². The van der Waals surface area contributed by atoms with Gasteiger partial charge in [0.25, 0.3) is 5.91 Å². The summed E-state index contributed by atoms with van der Waals surface area (Å²) in [5.74, 6) is 0.595. The van der Waals surface area contributed by atoms with E-state index in [9.17, 15) is 4.79 Å². The molecule has 1 aromatic heterocycles. The number of anilines is 1. The summed E-state index contributed by atoms with van der Waals surface area (Å²) in [6.45, 7) is 5.31. The van der Waals surface area contributed by atoms with Crippen molar-refractivity contribution >= 4 is 11.6 Å². The van der Waals surface area contributed by atoms with E-state index in [2.05, 4.69) is 39.6 Å². The Hall–Kier alpha value is -3.32. The number of carbonyl (C=O) groups excluding carboxylic acids is 1. The first-order valence-corrected chi connectivity index (χ1v) is 10.5. The maximum Gasteiger partial charge on any atom is 0.272 e. The van der Waals surface area contributed by atoms with Gasteiger partial charge in [0.1, 0.15) is 5.75 Å². The molecule has 1 atom stereocenters. The molecule has 0 aliphatic carbocycles. The highest BCUT2D eigenvalue weighted by Crippen LogP contribution is 2.24. The Labute approximate surface area is 182 Å². The van der Waals surface area contributed by atoms with Crippen molar-refractivity contribution in [3.05, 3.63) is 65.9 Å². The molecule has 4 rings (SSSR count). The number of rotatable bonds is 6. The fourth-order valence-electron chi connectivity index (χ4n) is 3.76. The lowest BCUT2D eigenvalue weighted by molar-refractivity contribution is 0.0934. The van der Waals surface area contributed by atoms with E-state index >= 15 is 0 Å². The standard InChI is InChI=1S/C24H28N4O3/c1-17(18-4-8-20(9-5-18)28-12-14-31-15-13-28)25-24(29)22-16-23(27(2)26-22)19-6-10-21(30-3)11-7-19/h4-11,16-17H,12-15H2,1-3H3,(H,25,29)/t17-/m1/s1. The first-order chi connectivity index (χ1) is 15.0. The van der Waals surface area contributed by atoms with Gasteiger partial charge in [-0.1, -0.05) is 12.1 Å². The van der Waals surface area contributed by atoms with E-state index in [4.69, 9.17) is 9.47 Å². The summed E-state index contributed by atoms with van der Waals surface area (Å²) in [7, 11) is 3.48. The normalized spacial score (nSPS) is 14.9. The second-order valence-corrected chi connectivity index (χ2v) is 7.65. The Balaban J connectivity index is 1.42. The molecule has 1 aliphatic heterocycles. The monoisotopic (exact) mass is 420 g/mol. The molecular weight excluding hydrogens is 392 g/mol. The van der Waals surface area contributed by atoms with Gasteiger partial charge in [0.05, 0.1) is 32.1 Å². The van der Waals surface area contributed by atoms with E-state index in [1.807, 2.05) is 44.3 Å². The van der Waals surface area contributed by atoms with Crippen LogP contribution in [0.2, 0.25) is 0 Å². The molecule has 1 fully saturated rings. The Morgan fingerprint density at radius 1 is 1.10 bits per heavy atom. The van der Waals surface area contributed by atoms with Gasteiger partial charge < -0.3 is 19.7 Å². The number of nitrogens with zero attached hydrogens (tertiary/aromatic N) is 3. The van der Waals surface area contributed by atoms with Crippen molar-refractivity contribution in [2.75, 3.05) is 38.3 Å². The smallest absolute Gasteiger partial charge is 0.272 e. The first kappa shape index (κ1) is 20.9. The third-order valence-corrected chi connectivity index (χ3v) is 5.62. The molecular formula is C24H28N4O3. The van der Waals surface area contributed by atoms with E-state index in [-0.39, 0.29) is 11.9 Å². The second-order valence-electron chi connectivity index (χ2n) is 7.65. The molecule has 2 aromatic carbocycles. The first-order valence-electron chi connectivity index (χ1n) is 10.5. The van der Waals surface area contributed by atoms with Crippen LogP contribution in [-0.4, -0.2) is 49.1 Å². The third-order valence-electron chi connectivity index (χ3n) is 5.62. The molecule has 0 saturated carbocycles. The number of morpholine rings is 1. The van der Waals surface area contributed by atoms with Gasteiger partial charge in [0.15, 0.2) is 5.69 Å². The molecule has 7 nitrogen and oxygen atoms in total. The van der Waals surface area contributed by atoms with Crippen molar-refractivity contribution in [2.45, 2.75) is 13.0 Å². The van der Waals surface area contributed by atoms with Crippen LogP contribution in [0.15, 0.2) is 54.6 Å². The van der Waals surface area contributed by atoms with Gasteiger partial charge in [-0.05, 0) is 55.0 Å². The SMILES string of the molecule is COc1ccc(-c2cc(C(=O)N[C@H](C)c3ccc(N4CCOCC4)cc3)nn2C)cc1. The van der Waals surface area contributed by atoms with Crippen molar-refractivity contribution in [1.29, 1.82) is 0 Å². The molecule has 1 N–H and O–H groups in total. The molecule has 1 aliphatic rings. The lowest BCUT2D eigenvalue weighted by atomic mass is 10.1. The van der Waals surface area contributed by atoms with E-state index in [0.29, 0.717) is 5.69 Å². The van der Waals surface area contributed by atoms with Gasteiger partial charge in [0.2, 0.25) is 0 Å². The highest BCUT2D eigenvalue weighted by molar-refractivity contribution is 5.93. The topological polar surface area (TPSA) is 68.6 Å². The predicted octanol–water partition coefficient (Wildman–Crippen LogP) is 3.42. The number of aromatic nitrogens is 2. The summed E-state index contributed by atoms with van der Waals surface area (Å²) >= 11 is 0. The highest BCUT2D eigenvalue weighted by Gasteiger charge is 2.17. The number of hydrogen-bond donors (Lipinski definition) is 1. The van der Waals surface area contributed by atoms with E-state index in [1.165, 1.54) is 5.69 Å². The largest absolute Gasteiger partial charge is 0.497 e. The minimum absolute atomic E-state index is 0.127. The number of aryl methyl sites for hydroxylation is 1. The molecule has 0 radical (unpaired) electrons. The Morgan fingerprint density at radius 2 is 1.77 bits per heavy atom. The van der Waals surface area contributed by atoms with Gasteiger partial charge in [-0.2, -0.15) is 5.10 Å². The van der Waals surface area contributed by atoms with Crippen LogP contribution in [0.4, 0.5) is 5.69 Å². The number of nitrogens with one attached hydrogen (secondary N) is 1. The zero-order chi connectivity index (χ0) is 21.8. The summed E-state index contributed by atoms with van der Waals surface area (Å²) in [6, 6.07) is 17.7. The number of carbonyl (C=O) groups is 1. The predicted molar refractivity (Wildman–Crippen MR) is 121 cm³/mol. The van der Waals surface area contributed by atoms with Crippen LogP contribution in [0.1, 0.15) is 29.0 Å². The number of hydrogen-bond acceptors (Lipinski definition) is 5. The van der Waals surface area contributed by atoms with Gasteiger partial charge >= 0.3 is 0 Å². The van der Waals surface area contributed by atoms with E-state index in [0.717, 1.165) is 48.9 Å². The van der Waals surface area contributed by atoms with Crippen LogP contribution in [0, 0.1) is 0 Å². The lowest BCUT2D eigenvalue weighted by Gasteiger charge is -2.29. The van der Waals surface area contributed by atoms with Crippen LogP contribution in [0.25, 0.3) is 11.3 Å². The maximum absolute atomic E-state index is 12.8. The van der Waals surface area contributed by atoms with Crippen LogP contribution < -0.4 is 15.0 Å². The molecule has 2 heterocycles. The molecule has 7 heteroatoms. The summed E-state index contributed by atoms with van der Waals surface area (Å²) in [5.41, 5.74) is 4.47. The van der Waals surface area contributed by atoms with E-state index in [1.54, 1.807) is 11.8 Å². The summed E-state index contributed by atoms with van der Waals surface area (Å²) < 4.78 is 12.3. The van der Waals surface area contributed by atoms with Crippen LogP contribution >= 0.6 is 0 Å². The van der Waals surface area contributed by atoms with Crippen molar-refractivity contribution in [1.82, 2.24) is 15.1 Å². The molecule has 31 heavy (non-hydrogen) atoms. The highest BCUT2D eigenvalue weighted by atomic mass is 16.5. The molecule has 162 valence electrons. The molecule has 1 amide bonds. The summed E-state index contributed by atoms with van der Waals surface area (Å²) in [4.78, 5) is 15.1. The summed E-state index contributed by atoms with van der Waals surface area (Å²) in [6.07, 6.45) is 0. The van der Waals surface area contributed by atoms with Gasteiger partial charge in [-0.3, -0.25) is 9.48 Å². The van der Waals surface area contributed by atoms with Crippen LogP contribution in [-0.2, 0) is 11.8 Å². The van der Waals surface area contributed by atoms with Crippen molar-refractivity contribution < 1.29 is 14.3 Å².